The average molecular weight is 176 g/mol. The highest BCUT2D eigenvalue weighted by molar-refractivity contribution is 7.80. The van der Waals surface area contributed by atoms with Crippen molar-refractivity contribution in [3.05, 3.63) is 0 Å². The molecule has 0 aliphatic heterocycles. The predicted molar refractivity (Wildman–Crippen MR) is 46.6 cm³/mol. The minimum absolute atomic E-state index is 0.0867. The average Bonchev–Trinajstić information content (AvgIpc) is 1.81. The molecule has 0 saturated carbocycles. The Morgan fingerprint density at radius 2 is 2.09 bits per heavy atom. The molecule has 0 aromatic rings. The molecule has 0 heterocycles. The van der Waals surface area contributed by atoms with Gasteiger partial charge in [-0.2, -0.15) is 0 Å². The molecule has 0 fully saturated rings. The van der Waals surface area contributed by atoms with E-state index in [9.17, 15) is 4.79 Å². The van der Waals surface area contributed by atoms with Crippen molar-refractivity contribution in [2.45, 2.75) is 19.9 Å². The third-order valence-corrected chi connectivity index (χ3v) is 1.51. The first-order valence-electron chi connectivity index (χ1n) is 3.24. The lowest BCUT2D eigenvalue weighted by Crippen LogP contribution is -2.46. The van der Waals surface area contributed by atoms with Crippen LogP contribution in [0.3, 0.4) is 0 Å². The largest absolute Gasteiger partial charge is 0.465 e. The summed E-state index contributed by atoms with van der Waals surface area (Å²) in [7, 11) is 0. The summed E-state index contributed by atoms with van der Waals surface area (Å²) in [5.41, 5.74) is 5.29. The predicted octanol–water partition coefficient (Wildman–Crippen LogP) is 0.565. The quantitative estimate of drug-likeness (QED) is 0.549. The molecule has 0 aromatic carbocycles. The molecule has 4 nitrogen and oxygen atoms in total. The first-order chi connectivity index (χ1) is 4.95. The topological polar surface area (TPSA) is 75.3 Å². The van der Waals surface area contributed by atoms with Crippen molar-refractivity contribution in [1.29, 1.82) is 0 Å². The summed E-state index contributed by atoms with van der Waals surface area (Å²) in [6.07, 6.45) is -1.10. The molecule has 0 radical (unpaired) electrons. The molecule has 1 atom stereocenters. The molecule has 0 aliphatic rings. The minimum Gasteiger partial charge on any atom is -0.465 e. The van der Waals surface area contributed by atoms with E-state index >= 15 is 0 Å². The first kappa shape index (κ1) is 10.2. The number of nitrogens with two attached hydrogens (primary N) is 1. The lowest BCUT2D eigenvalue weighted by Gasteiger charge is -2.18. The number of hydrogen-bond acceptors (Lipinski definition) is 2. The van der Waals surface area contributed by atoms with Crippen LogP contribution in [0.1, 0.15) is 13.8 Å². The van der Waals surface area contributed by atoms with Gasteiger partial charge in [0.05, 0.1) is 11.0 Å². The van der Waals surface area contributed by atoms with Gasteiger partial charge in [0.2, 0.25) is 0 Å². The van der Waals surface area contributed by atoms with Gasteiger partial charge in [0, 0.05) is 0 Å². The lowest BCUT2D eigenvalue weighted by atomic mass is 10.1. The van der Waals surface area contributed by atoms with Crippen LogP contribution in [0, 0.1) is 5.92 Å². The Bertz CT molecular complexity index is 170. The standard InChI is InChI=1S/C6H12N2O2S/c1-3(2)4(5(7)11)8-6(9)10/h3-4,8H,1-2H3,(H2,7,11)(H,9,10)/t4-/m0/s1. The Morgan fingerprint density at radius 1 is 1.64 bits per heavy atom. The summed E-state index contributed by atoms with van der Waals surface area (Å²) < 4.78 is 0. The molecular weight excluding hydrogens is 164 g/mol. The number of amides is 1. The van der Waals surface area contributed by atoms with Gasteiger partial charge < -0.3 is 16.2 Å². The van der Waals surface area contributed by atoms with Crippen LogP contribution in [0.2, 0.25) is 0 Å². The lowest BCUT2D eigenvalue weighted by molar-refractivity contribution is 0.190. The summed E-state index contributed by atoms with van der Waals surface area (Å²) in [4.78, 5) is 10.4. The fourth-order valence-corrected chi connectivity index (χ4v) is 1.03. The number of rotatable bonds is 3. The Labute approximate surface area is 70.8 Å². The first-order valence-corrected chi connectivity index (χ1v) is 3.64. The van der Waals surface area contributed by atoms with E-state index in [4.69, 9.17) is 10.8 Å². The van der Waals surface area contributed by atoms with E-state index in [2.05, 4.69) is 17.5 Å². The van der Waals surface area contributed by atoms with Crippen molar-refractivity contribution in [3.8, 4) is 0 Å². The minimum atomic E-state index is -1.10. The molecule has 0 aromatic heterocycles. The van der Waals surface area contributed by atoms with Gasteiger partial charge >= 0.3 is 6.09 Å². The third-order valence-electron chi connectivity index (χ3n) is 1.25. The van der Waals surface area contributed by atoms with Crippen LogP contribution in [0.5, 0.6) is 0 Å². The second-order valence-electron chi connectivity index (χ2n) is 2.57. The van der Waals surface area contributed by atoms with Gasteiger partial charge in [0.25, 0.3) is 0 Å². The molecular formula is C6H12N2O2S. The maximum absolute atomic E-state index is 10.2. The van der Waals surface area contributed by atoms with Crippen LogP contribution in [0.4, 0.5) is 4.79 Å². The van der Waals surface area contributed by atoms with E-state index in [-0.39, 0.29) is 10.9 Å². The van der Waals surface area contributed by atoms with Crippen LogP contribution in [0.25, 0.3) is 0 Å². The second-order valence-corrected chi connectivity index (χ2v) is 3.04. The monoisotopic (exact) mass is 176 g/mol. The van der Waals surface area contributed by atoms with Crippen LogP contribution >= 0.6 is 12.2 Å². The number of nitrogens with one attached hydrogen (secondary N) is 1. The number of hydrogen-bond donors (Lipinski definition) is 3. The molecule has 64 valence electrons. The van der Waals surface area contributed by atoms with E-state index in [0.29, 0.717) is 0 Å². The van der Waals surface area contributed by atoms with Crippen molar-refractivity contribution in [2.75, 3.05) is 0 Å². The van der Waals surface area contributed by atoms with Gasteiger partial charge in [-0.25, -0.2) is 4.79 Å². The summed E-state index contributed by atoms with van der Waals surface area (Å²) in [5, 5.41) is 10.6. The number of carbonyl (C=O) groups is 1. The van der Waals surface area contributed by atoms with E-state index in [1.54, 1.807) is 0 Å². The van der Waals surface area contributed by atoms with Crippen molar-refractivity contribution >= 4 is 23.3 Å². The molecule has 0 aliphatic carbocycles. The Hall–Kier alpha value is -0.840. The molecule has 11 heavy (non-hydrogen) atoms. The highest BCUT2D eigenvalue weighted by Gasteiger charge is 2.17. The zero-order valence-corrected chi connectivity index (χ0v) is 7.31. The molecule has 1 amide bonds. The summed E-state index contributed by atoms with van der Waals surface area (Å²) in [5.74, 6) is 0.0867. The zero-order chi connectivity index (χ0) is 9.02. The smallest absolute Gasteiger partial charge is 0.405 e. The van der Waals surface area contributed by atoms with Crippen LogP contribution in [-0.2, 0) is 0 Å². The Morgan fingerprint density at radius 3 is 2.18 bits per heavy atom. The zero-order valence-electron chi connectivity index (χ0n) is 6.50. The highest BCUT2D eigenvalue weighted by atomic mass is 32.1. The molecule has 0 unspecified atom stereocenters. The highest BCUT2D eigenvalue weighted by Crippen LogP contribution is 2.01. The fourth-order valence-electron chi connectivity index (χ4n) is 0.699. The second kappa shape index (κ2) is 4.12. The van der Waals surface area contributed by atoms with E-state index in [1.165, 1.54) is 0 Å². The summed E-state index contributed by atoms with van der Waals surface area (Å²) in [6, 6.07) is -0.428. The van der Waals surface area contributed by atoms with Crippen molar-refractivity contribution < 1.29 is 9.90 Å². The van der Waals surface area contributed by atoms with E-state index in [1.807, 2.05) is 13.8 Å². The third kappa shape index (κ3) is 3.77. The number of carboxylic acid groups (broad SMARTS) is 1. The molecule has 4 N–H and O–H groups in total. The molecule has 0 rings (SSSR count). The van der Waals surface area contributed by atoms with Crippen LogP contribution < -0.4 is 11.1 Å². The molecule has 0 saturated heterocycles. The molecule has 0 spiro atoms. The van der Waals surface area contributed by atoms with Crippen LogP contribution in [0.15, 0.2) is 0 Å². The normalized spacial score (nSPS) is 12.6. The summed E-state index contributed by atoms with van der Waals surface area (Å²) >= 11 is 4.66. The Kier molecular flexibility index (Phi) is 3.81. The van der Waals surface area contributed by atoms with Crippen molar-refractivity contribution in [1.82, 2.24) is 5.32 Å². The maximum Gasteiger partial charge on any atom is 0.405 e. The van der Waals surface area contributed by atoms with Gasteiger partial charge in [-0.05, 0) is 5.92 Å². The van der Waals surface area contributed by atoms with Crippen molar-refractivity contribution in [3.63, 3.8) is 0 Å². The fraction of sp³-hybridized carbons (Fsp3) is 0.667. The van der Waals surface area contributed by atoms with Crippen LogP contribution in [-0.4, -0.2) is 22.2 Å². The van der Waals surface area contributed by atoms with Gasteiger partial charge in [-0.3, -0.25) is 0 Å². The van der Waals surface area contributed by atoms with Gasteiger partial charge in [0.15, 0.2) is 0 Å². The molecule has 0 bridgehead atoms. The van der Waals surface area contributed by atoms with Gasteiger partial charge in [-0.1, -0.05) is 26.1 Å². The van der Waals surface area contributed by atoms with Gasteiger partial charge in [-0.15, -0.1) is 0 Å². The maximum atomic E-state index is 10.2. The number of thiocarbonyl (C=S) groups is 1. The van der Waals surface area contributed by atoms with E-state index < -0.39 is 12.1 Å². The SMILES string of the molecule is CC(C)[C@H](NC(=O)O)C(N)=S. The van der Waals surface area contributed by atoms with Gasteiger partial charge in [0.1, 0.15) is 0 Å². The summed E-state index contributed by atoms with van der Waals surface area (Å²) in [6.45, 7) is 3.69. The molecule has 5 heteroatoms. The Balaban J connectivity index is 4.12. The van der Waals surface area contributed by atoms with E-state index in [0.717, 1.165) is 0 Å². The van der Waals surface area contributed by atoms with Crippen molar-refractivity contribution in [2.24, 2.45) is 11.7 Å².